The number of pyridine rings is 2. The lowest BCUT2D eigenvalue weighted by atomic mass is 10.2. The zero-order valence-corrected chi connectivity index (χ0v) is 17.1. The van der Waals surface area contributed by atoms with Crippen LogP contribution in [0.25, 0.3) is 34.1 Å². The Morgan fingerprint density at radius 3 is 2.13 bits per heavy atom. The molecule has 2 aromatic carbocycles. The molecule has 0 spiro atoms. The van der Waals surface area contributed by atoms with E-state index in [0.717, 1.165) is 39.8 Å². The van der Waals surface area contributed by atoms with Crippen LogP contribution >= 0.6 is 0 Å². The van der Waals surface area contributed by atoms with Crippen molar-refractivity contribution in [2.24, 2.45) is 0 Å². The van der Waals surface area contributed by atoms with Gasteiger partial charge < -0.3 is 17.1 Å². The van der Waals surface area contributed by atoms with E-state index in [1.807, 2.05) is 73.1 Å². The van der Waals surface area contributed by atoms with E-state index < -0.39 is 0 Å². The molecule has 0 fully saturated rings. The van der Waals surface area contributed by atoms with Crippen molar-refractivity contribution >= 4 is 11.0 Å². The average molecular weight is 415 g/mol. The Morgan fingerprint density at radius 2 is 1.47 bits per heavy atom. The maximum atomic E-state index is 5.36. The summed E-state index contributed by atoms with van der Waals surface area (Å²) in [6.45, 7) is 0. The fourth-order valence-electron chi connectivity index (χ4n) is 3.60. The molecular weight excluding hydrogens is 396 g/mol. The SMILES string of the molecule is COc1ccc(-c2n(-c3ccccn3)c3ccccc3[n+]2-c2ccccn2)cc1.[Cl-]. The van der Waals surface area contributed by atoms with Gasteiger partial charge in [0.2, 0.25) is 5.82 Å². The molecule has 0 saturated carbocycles. The molecule has 5 nitrogen and oxygen atoms in total. The van der Waals surface area contributed by atoms with Crippen LogP contribution < -0.4 is 21.7 Å². The first-order valence-corrected chi connectivity index (χ1v) is 9.39. The van der Waals surface area contributed by atoms with Gasteiger partial charge in [-0.1, -0.05) is 24.3 Å². The smallest absolute Gasteiger partial charge is 0.267 e. The first kappa shape index (κ1) is 19.6. The lowest BCUT2D eigenvalue weighted by Gasteiger charge is -2.07. The van der Waals surface area contributed by atoms with E-state index in [2.05, 4.69) is 43.4 Å². The predicted molar refractivity (Wildman–Crippen MR) is 112 cm³/mol. The molecule has 3 aromatic heterocycles. The van der Waals surface area contributed by atoms with Crippen molar-refractivity contribution in [3.8, 4) is 28.8 Å². The molecule has 0 amide bonds. The number of methoxy groups -OCH3 is 1. The van der Waals surface area contributed by atoms with Crippen molar-refractivity contribution in [2.45, 2.75) is 0 Å². The average Bonchev–Trinajstić information content (AvgIpc) is 3.15. The molecule has 148 valence electrons. The summed E-state index contributed by atoms with van der Waals surface area (Å²) in [4.78, 5) is 9.26. The van der Waals surface area contributed by atoms with E-state index >= 15 is 0 Å². The van der Waals surface area contributed by atoms with Gasteiger partial charge in [-0.05, 0) is 54.6 Å². The summed E-state index contributed by atoms with van der Waals surface area (Å²) in [5.74, 6) is 3.50. The Bertz CT molecular complexity index is 1190. The summed E-state index contributed by atoms with van der Waals surface area (Å²) < 4.78 is 9.70. The van der Waals surface area contributed by atoms with Crippen LogP contribution in [0.4, 0.5) is 0 Å². The van der Waals surface area contributed by atoms with Gasteiger partial charge in [0, 0.05) is 17.8 Å². The summed E-state index contributed by atoms with van der Waals surface area (Å²) >= 11 is 0. The number of hydrogen-bond donors (Lipinski definition) is 0. The third kappa shape index (κ3) is 3.29. The number of benzene rings is 2. The van der Waals surface area contributed by atoms with E-state index in [1.165, 1.54) is 0 Å². The highest BCUT2D eigenvalue weighted by atomic mass is 35.5. The molecule has 0 aliphatic rings. The van der Waals surface area contributed by atoms with E-state index in [1.54, 1.807) is 7.11 Å². The molecule has 0 aliphatic heterocycles. The minimum Gasteiger partial charge on any atom is -1.00 e. The fraction of sp³-hybridized carbons (Fsp3) is 0.0417. The molecule has 5 aromatic rings. The highest BCUT2D eigenvalue weighted by Gasteiger charge is 2.27. The topological polar surface area (TPSA) is 43.8 Å². The Morgan fingerprint density at radius 1 is 0.767 bits per heavy atom. The standard InChI is InChI=1S/C24H19N4O.ClH/c1-29-19-14-12-18(13-15-19)24-27(22-10-4-6-16-25-22)20-8-2-3-9-21(20)28(24)23-11-5-7-17-26-23;/h2-17H,1H3;1H/q+1;/p-1. The van der Waals surface area contributed by atoms with Crippen LogP contribution in [0.3, 0.4) is 0 Å². The van der Waals surface area contributed by atoms with Crippen LogP contribution in [0.5, 0.6) is 5.75 Å². The number of imidazole rings is 1. The number of aromatic nitrogens is 4. The molecule has 5 rings (SSSR count). The molecule has 0 atom stereocenters. The van der Waals surface area contributed by atoms with Gasteiger partial charge in [0.25, 0.3) is 5.82 Å². The molecule has 0 bridgehead atoms. The summed E-state index contributed by atoms with van der Waals surface area (Å²) in [7, 11) is 1.67. The number of para-hydroxylation sites is 2. The molecule has 0 saturated heterocycles. The number of rotatable bonds is 4. The molecular formula is C24H19ClN4O. The Labute approximate surface area is 180 Å². The van der Waals surface area contributed by atoms with E-state index in [4.69, 9.17) is 4.74 Å². The minimum atomic E-state index is 0. The second kappa shape index (κ2) is 8.35. The number of ether oxygens (including phenoxy) is 1. The van der Waals surface area contributed by atoms with Crippen molar-refractivity contribution in [3.63, 3.8) is 0 Å². The van der Waals surface area contributed by atoms with Crippen molar-refractivity contribution in [1.29, 1.82) is 0 Å². The van der Waals surface area contributed by atoms with Gasteiger partial charge in [-0.2, -0.15) is 4.57 Å². The molecule has 3 heterocycles. The van der Waals surface area contributed by atoms with Gasteiger partial charge in [0.15, 0.2) is 5.82 Å². The lowest BCUT2D eigenvalue weighted by Crippen LogP contribution is -3.00. The second-order valence-corrected chi connectivity index (χ2v) is 6.59. The largest absolute Gasteiger partial charge is 1.00 e. The first-order valence-electron chi connectivity index (χ1n) is 9.39. The van der Waals surface area contributed by atoms with Crippen LogP contribution in [0.2, 0.25) is 0 Å². The monoisotopic (exact) mass is 414 g/mol. The zero-order valence-electron chi connectivity index (χ0n) is 16.3. The number of nitrogens with zero attached hydrogens (tertiary/aromatic N) is 4. The van der Waals surface area contributed by atoms with Gasteiger partial charge in [-0.3, -0.25) is 0 Å². The molecule has 6 heteroatoms. The summed E-state index contributed by atoms with van der Waals surface area (Å²) in [6, 6.07) is 28.3. The Hall–Kier alpha value is -3.70. The van der Waals surface area contributed by atoms with Crippen molar-refractivity contribution < 1.29 is 21.7 Å². The van der Waals surface area contributed by atoms with E-state index in [-0.39, 0.29) is 12.4 Å². The van der Waals surface area contributed by atoms with Crippen LogP contribution in [0, 0.1) is 0 Å². The van der Waals surface area contributed by atoms with Crippen LogP contribution in [-0.2, 0) is 0 Å². The fourth-order valence-corrected chi connectivity index (χ4v) is 3.60. The highest BCUT2D eigenvalue weighted by Crippen LogP contribution is 2.28. The minimum absolute atomic E-state index is 0. The normalized spacial score (nSPS) is 10.6. The molecule has 30 heavy (non-hydrogen) atoms. The predicted octanol–water partition coefficient (Wildman–Crippen LogP) is 1.38. The van der Waals surface area contributed by atoms with Gasteiger partial charge in [0.1, 0.15) is 23.0 Å². The molecule has 0 radical (unpaired) electrons. The van der Waals surface area contributed by atoms with Gasteiger partial charge in [-0.25, -0.2) is 9.55 Å². The second-order valence-electron chi connectivity index (χ2n) is 6.59. The summed E-state index contributed by atoms with van der Waals surface area (Å²) in [5.41, 5.74) is 3.16. The first-order chi connectivity index (χ1) is 14.4. The maximum absolute atomic E-state index is 5.36. The number of halogens is 1. The van der Waals surface area contributed by atoms with Gasteiger partial charge >= 0.3 is 0 Å². The quantitative estimate of drug-likeness (QED) is 0.417. The Kier molecular flexibility index (Phi) is 5.46. The van der Waals surface area contributed by atoms with Crippen LogP contribution in [0.15, 0.2) is 97.3 Å². The van der Waals surface area contributed by atoms with E-state index in [9.17, 15) is 0 Å². The molecule has 0 aliphatic carbocycles. The summed E-state index contributed by atoms with van der Waals surface area (Å²) in [5, 5.41) is 0. The highest BCUT2D eigenvalue weighted by molar-refractivity contribution is 5.79. The van der Waals surface area contributed by atoms with E-state index in [0.29, 0.717) is 0 Å². The molecule has 0 unspecified atom stereocenters. The van der Waals surface area contributed by atoms with Gasteiger partial charge in [-0.15, -0.1) is 4.98 Å². The third-order valence-electron chi connectivity index (χ3n) is 4.89. The number of hydrogen-bond acceptors (Lipinski definition) is 3. The van der Waals surface area contributed by atoms with Crippen LogP contribution in [0.1, 0.15) is 0 Å². The van der Waals surface area contributed by atoms with Crippen molar-refractivity contribution in [3.05, 3.63) is 97.3 Å². The third-order valence-corrected chi connectivity index (χ3v) is 4.89. The van der Waals surface area contributed by atoms with Crippen LogP contribution in [-0.4, -0.2) is 21.6 Å². The summed E-state index contributed by atoms with van der Waals surface area (Å²) in [6.07, 6.45) is 3.63. The van der Waals surface area contributed by atoms with Crippen molar-refractivity contribution in [1.82, 2.24) is 14.5 Å². The Balaban J connectivity index is 0.00000218. The zero-order chi connectivity index (χ0) is 19.6. The lowest BCUT2D eigenvalue weighted by molar-refractivity contribution is -0.559. The van der Waals surface area contributed by atoms with Gasteiger partial charge in [0.05, 0.1) is 7.11 Å². The molecule has 0 N–H and O–H groups in total. The maximum Gasteiger partial charge on any atom is 0.267 e. The van der Waals surface area contributed by atoms with Crippen molar-refractivity contribution in [2.75, 3.05) is 7.11 Å². The number of fused-ring (bicyclic) bond motifs is 1.